The number of carbonyl (C=O) groups excluding carboxylic acids is 1. The number of nitrogens with one attached hydrogen (secondary N) is 1. The molecule has 30 heavy (non-hydrogen) atoms. The molecule has 2 aromatic carbocycles. The fourth-order valence-electron chi connectivity index (χ4n) is 3.93. The van der Waals surface area contributed by atoms with Gasteiger partial charge in [-0.05, 0) is 42.8 Å². The van der Waals surface area contributed by atoms with Gasteiger partial charge in [0.2, 0.25) is 0 Å². The minimum atomic E-state index is -0.396. The zero-order chi connectivity index (χ0) is 20.9. The summed E-state index contributed by atoms with van der Waals surface area (Å²) in [5.41, 5.74) is 1.09. The van der Waals surface area contributed by atoms with E-state index in [1.165, 1.54) is 0 Å². The molecule has 1 saturated heterocycles. The number of nitrogens with zero attached hydrogens (tertiary/aromatic N) is 1. The van der Waals surface area contributed by atoms with E-state index in [9.17, 15) is 4.79 Å². The highest BCUT2D eigenvalue weighted by Gasteiger charge is 2.37. The number of carbonyl (C=O) groups is 1. The molecule has 2 fully saturated rings. The summed E-state index contributed by atoms with van der Waals surface area (Å²) < 4.78 is 17.0. The van der Waals surface area contributed by atoms with Crippen LogP contribution in [0, 0.1) is 0 Å². The molecule has 0 radical (unpaired) electrons. The first-order valence-corrected chi connectivity index (χ1v) is 10.9. The number of hydrogen-bond donors (Lipinski definition) is 1. The van der Waals surface area contributed by atoms with Crippen LogP contribution in [0.2, 0.25) is 0 Å². The van der Waals surface area contributed by atoms with E-state index in [0.717, 1.165) is 41.3 Å². The van der Waals surface area contributed by atoms with Crippen molar-refractivity contribution in [3.05, 3.63) is 42.0 Å². The number of rotatable bonds is 9. The Balaban J connectivity index is 1.52. The summed E-state index contributed by atoms with van der Waals surface area (Å²) in [5, 5.41) is 5.58. The third kappa shape index (κ3) is 5.12. The molecule has 2 atom stereocenters. The Hall–Kier alpha value is -2.15. The molecule has 162 valence electrons. The molecule has 2 aliphatic rings. The third-order valence-corrected chi connectivity index (χ3v) is 5.73. The van der Waals surface area contributed by atoms with Crippen LogP contribution in [-0.2, 0) is 20.8 Å². The first-order chi connectivity index (χ1) is 14.7. The molecular formula is C24H32N2O4. The smallest absolute Gasteiger partial charge is 0.253 e. The highest BCUT2D eigenvalue weighted by Crippen LogP contribution is 2.33. The number of fused-ring (bicyclic) bond motifs is 1. The molecule has 0 bridgehead atoms. The van der Waals surface area contributed by atoms with Gasteiger partial charge in [0.15, 0.2) is 0 Å². The van der Waals surface area contributed by atoms with E-state index in [1.54, 1.807) is 7.11 Å². The van der Waals surface area contributed by atoms with E-state index in [-0.39, 0.29) is 5.91 Å². The molecule has 6 heteroatoms. The van der Waals surface area contributed by atoms with Gasteiger partial charge in [0.05, 0.1) is 13.2 Å². The molecule has 1 heterocycles. The lowest BCUT2D eigenvalue weighted by atomic mass is 10.0. The van der Waals surface area contributed by atoms with Crippen LogP contribution in [0.4, 0.5) is 0 Å². The van der Waals surface area contributed by atoms with Crippen molar-refractivity contribution in [2.24, 2.45) is 0 Å². The largest absolute Gasteiger partial charge is 0.493 e. The van der Waals surface area contributed by atoms with Crippen molar-refractivity contribution in [1.82, 2.24) is 10.2 Å². The fraction of sp³-hybridized carbons (Fsp3) is 0.542. The number of hydrogen-bond acceptors (Lipinski definition) is 5. The standard InChI is InChI=1S/C24H32N2O4/c1-17-16-30-23(14-25-17)24(27)26(20-8-9-20)15-18-12-19-6-3-4-7-21(19)22(13-18)29-11-5-10-28-2/h3-4,6-7,12-13,17,20,23,25H,5,8-11,14-16H2,1-2H3/t17-,23-/m1/s1. The lowest BCUT2D eigenvalue weighted by Gasteiger charge is -2.32. The minimum Gasteiger partial charge on any atom is -0.493 e. The molecule has 4 rings (SSSR count). The molecule has 1 aliphatic heterocycles. The van der Waals surface area contributed by atoms with Crippen molar-refractivity contribution in [2.75, 3.05) is 33.5 Å². The Morgan fingerprint density at radius 2 is 2.07 bits per heavy atom. The second-order valence-electron chi connectivity index (χ2n) is 8.34. The second kappa shape index (κ2) is 9.77. The molecule has 2 aromatic rings. The Morgan fingerprint density at radius 3 is 2.80 bits per heavy atom. The fourth-order valence-corrected chi connectivity index (χ4v) is 3.93. The first-order valence-electron chi connectivity index (χ1n) is 10.9. The molecule has 1 N–H and O–H groups in total. The van der Waals surface area contributed by atoms with Gasteiger partial charge in [-0.2, -0.15) is 0 Å². The van der Waals surface area contributed by atoms with E-state index >= 15 is 0 Å². The molecule has 1 amide bonds. The van der Waals surface area contributed by atoms with E-state index in [0.29, 0.717) is 45.0 Å². The van der Waals surface area contributed by atoms with Crippen LogP contribution in [0.3, 0.4) is 0 Å². The lowest BCUT2D eigenvalue weighted by molar-refractivity contribution is -0.147. The Morgan fingerprint density at radius 1 is 1.23 bits per heavy atom. The summed E-state index contributed by atoms with van der Waals surface area (Å²) >= 11 is 0. The van der Waals surface area contributed by atoms with Gasteiger partial charge in [-0.25, -0.2) is 0 Å². The van der Waals surface area contributed by atoms with Crippen molar-refractivity contribution in [2.45, 2.75) is 50.9 Å². The van der Waals surface area contributed by atoms with E-state index in [2.05, 4.69) is 36.5 Å². The van der Waals surface area contributed by atoms with Gasteiger partial charge >= 0.3 is 0 Å². The Kier molecular flexibility index (Phi) is 6.87. The van der Waals surface area contributed by atoms with Gasteiger partial charge in [0.1, 0.15) is 11.9 Å². The van der Waals surface area contributed by atoms with Crippen LogP contribution in [0.25, 0.3) is 10.8 Å². The molecule has 1 saturated carbocycles. The number of ether oxygens (including phenoxy) is 3. The monoisotopic (exact) mass is 412 g/mol. The summed E-state index contributed by atoms with van der Waals surface area (Å²) in [6, 6.07) is 13.1. The highest BCUT2D eigenvalue weighted by molar-refractivity contribution is 5.89. The molecular weight excluding hydrogens is 380 g/mol. The van der Waals surface area contributed by atoms with Crippen molar-refractivity contribution < 1.29 is 19.0 Å². The van der Waals surface area contributed by atoms with Crippen molar-refractivity contribution >= 4 is 16.7 Å². The van der Waals surface area contributed by atoms with Crippen LogP contribution in [0.1, 0.15) is 31.7 Å². The Bertz CT molecular complexity index is 859. The number of amides is 1. The summed E-state index contributed by atoms with van der Waals surface area (Å²) in [6.45, 7) is 5.09. The molecule has 0 unspecified atom stereocenters. The van der Waals surface area contributed by atoms with E-state index < -0.39 is 6.10 Å². The van der Waals surface area contributed by atoms with Gasteiger partial charge < -0.3 is 24.4 Å². The van der Waals surface area contributed by atoms with E-state index in [4.69, 9.17) is 14.2 Å². The quantitative estimate of drug-likeness (QED) is 0.642. The Labute approximate surface area is 178 Å². The van der Waals surface area contributed by atoms with Crippen molar-refractivity contribution in [1.29, 1.82) is 0 Å². The van der Waals surface area contributed by atoms with Crippen molar-refractivity contribution in [3.63, 3.8) is 0 Å². The van der Waals surface area contributed by atoms with Crippen molar-refractivity contribution in [3.8, 4) is 5.75 Å². The van der Waals surface area contributed by atoms with Gasteiger partial charge in [0.25, 0.3) is 5.91 Å². The highest BCUT2D eigenvalue weighted by atomic mass is 16.5. The average molecular weight is 413 g/mol. The van der Waals surface area contributed by atoms with Crippen LogP contribution in [0.5, 0.6) is 5.75 Å². The molecule has 1 aliphatic carbocycles. The number of methoxy groups -OCH3 is 1. The van der Waals surface area contributed by atoms with Gasteiger partial charge in [-0.1, -0.05) is 24.3 Å². The number of benzene rings is 2. The zero-order valence-electron chi connectivity index (χ0n) is 17.9. The first kappa shape index (κ1) is 21.1. The average Bonchev–Trinajstić information content (AvgIpc) is 3.60. The predicted octanol–water partition coefficient (Wildman–Crippen LogP) is 3.12. The minimum absolute atomic E-state index is 0.0904. The maximum absolute atomic E-state index is 13.2. The van der Waals surface area contributed by atoms with Crippen LogP contribution in [0.15, 0.2) is 36.4 Å². The topological polar surface area (TPSA) is 60.0 Å². The normalized spacial score (nSPS) is 21.5. The maximum atomic E-state index is 13.2. The van der Waals surface area contributed by atoms with Gasteiger partial charge in [-0.3, -0.25) is 4.79 Å². The zero-order valence-corrected chi connectivity index (χ0v) is 17.9. The van der Waals surface area contributed by atoms with Crippen LogP contribution >= 0.6 is 0 Å². The third-order valence-electron chi connectivity index (χ3n) is 5.73. The SMILES string of the molecule is COCCCOc1cc(CN(C(=O)[C@H]2CN[C@H](C)CO2)C2CC2)cc2ccccc12. The maximum Gasteiger partial charge on any atom is 0.253 e. The van der Waals surface area contributed by atoms with Crippen LogP contribution in [-0.4, -0.2) is 62.5 Å². The summed E-state index contributed by atoms with van der Waals surface area (Å²) in [7, 11) is 1.70. The second-order valence-corrected chi connectivity index (χ2v) is 8.34. The van der Waals surface area contributed by atoms with Gasteiger partial charge in [-0.15, -0.1) is 0 Å². The number of morpholine rings is 1. The molecule has 6 nitrogen and oxygen atoms in total. The van der Waals surface area contributed by atoms with Gasteiger partial charge in [0, 0.05) is 50.7 Å². The van der Waals surface area contributed by atoms with Crippen LogP contribution < -0.4 is 10.1 Å². The summed E-state index contributed by atoms with van der Waals surface area (Å²) in [5.74, 6) is 0.958. The molecule has 0 aromatic heterocycles. The predicted molar refractivity (Wildman–Crippen MR) is 117 cm³/mol. The molecule has 0 spiro atoms. The lowest BCUT2D eigenvalue weighted by Crippen LogP contribution is -2.52. The summed E-state index contributed by atoms with van der Waals surface area (Å²) in [6.07, 6.45) is 2.57. The summed E-state index contributed by atoms with van der Waals surface area (Å²) in [4.78, 5) is 15.2. The van der Waals surface area contributed by atoms with E-state index in [1.807, 2.05) is 17.0 Å².